The Bertz CT molecular complexity index is 238. The van der Waals surface area contributed by atoms with E-state index in [1.165, 1.54) is 45.3 Å². The Balaban J connectivity index is 1.79. The van der Waals surface area contributed by atoms with Crippen LogP contribution in [0.25, 0.3) is 0 Å². The Hall–Kier alpha value is -0.120. The monoisotopic (exact) mass is 253 g/mol. The molecule has 1 aliphatic heterocycles. The number of nitrogens with two attached hydrogens (primary N) is 1. The summed E-state index contributed by atoms with van der Waals surface area (Å²) in [6, 6.07) is 0.693. The number of hydrogen-bond donors (Lipinski definition) is 2. The average Bonchev–Trinajstić information content (AvgIpc) is 2.27. The lowest BCUT2D eigenvalue weighted by molar-refractivity contribution is 0.114. The van der Waals surface area contributed by atoms with Crippen LogP contribution in [0.4, 0.5) is 0 Å². The largest absolute Gasteiger partial charge is 0.329 e. The van der Waals surface area contributed by atoms with Crippen molar-refractivity contribution in [2.45, 2.75) is 45.6 Å². The molecule has 2 aliphatic rings. The zero-order chi connectivity index (χ0) is 13.0. The Labute approximate surface area is 112 Å². The molecule has 1 aliphatic carbocycles. The lowest BCUT2D eigenvalue weighted by Gasteiger charge is -2.40. The summed E-state index contributed by atoms with van der Waals surface area (Å²) in [6.45, 7) is 10.3. The number of nitrogens with one attached hydrogen (secondary N) is 1. The minimum absolute atomic E-state index is 0.693. The van der Waals surface area contributed by atoms with E-state index in [1.807, 2.05) is 0 Å². The molecular formula is C15H31N3. The van der Waals surface area contributed by atoms with Gasteiger partial charge in [-0.2, -0.15) is 0 Å². The van der Waals surface area contributed by atoms with Crippen molar-refractivity contribution in [3.8, 4) is 0 Å². The molecule has 0 aromatic rings. The molecule has 106 valence electrons. The van der Waals surface area contributed by atoms with Crippen LogP contribution >= 0.6 is 0 Å². The molecule has 3 heteroatoms. The van der Waals surface area contributed by atoms with Crippen LogP contribution < -0.4 is 11.1 Å². The van der Waals surface area contributed by atoms with Crippen LogP contribution in [0.15, 0.2) is 0 Å². The summed E-state index contributed by atoms with van der Waals surface area (Å²) in [5, 5.41) is 3.81. The van der Waals surface area contributed by atoms with Gasteiger partial charge in [0.05, 0.1) is 0 Å². The zero-order valence-corrected chi connectivity index (χ0v) is 12.2. The Morgan fingerprint density at radius 3 is 2.61 bits per heavy atom. The highest BCUT2D eigenvalue weighted by Crippen LogP contribution is 2.27. The summed E-state index contributed by atoms with van der Waals surface area (Å²) in [4.78, 5) is 2.56. The van der Waals surface area contributed by atoms with Crippen LogP contribution in [0, 0.1) is 17.8 Å². The molecule has 0 aromatic carbocycles. The molecule has 0 amide bonds. The second-order valence-electron chi connectivity index (χ2n) is 6.69. The van der Waals surface area contributed by atoms with Gasteiger partial charge in [0.2, 0.25) is 0 Å². The quantitative estimate of drug-likeness (QED) is 0.757. The van der Waals surface area contributed by atoms with Gasteiger partial charge in [-0.15, -0.1) is 0 Å². The van der Waals surface area contributed by atoms with E-state index < -0.39 is 0 Å². The summed E-state index contributed by atoms with van der Waals surface area (Å²) >= 11 is 0. The van der Waals surface area contributed by atoms with Crippen LogP contribution in [0.3, 0.4) is 0 Å². The van der Waals surface area contributed by atoms with E-state index in [-0.39, 0.29) is 0 Å². The van der Waals surface area contributed by atoms with Crippen molar-refractivity contribution in [1.29, 1.82) is 0 Å². The van der Waals surface area contributed by atoms with Crippen molar-refractivity contribution >= 4 is 0 Å². The van der Waals surface area contributed by atoms with Gasteiger partial charge in [-0.3, -0.25) is 0 Å². The fourth-order valence-corrected chi connectivity index (χ4v) is 3.26. The molecule has 2 rings (SSSR count). The maximum Gasteiger partial charge on any atom is 0.0198 e. The average molecular weight is 253 g/mol. The molecule has 2 fully saturated rings. The predicted octanol–water partition coefficient (Wildman–Crippen LogP) is 1.68. The lowest BCUT2D eigenvalue weighted by atomic mass is 9.83. The van der Waals surface area contributed by atoms with Gasteiger partial charge in [0.15, 0.2) is 0 Å². The fraction of sp³-hybridized carbons (Fsp3) is 1.00. The van der Waals surface area contributed by atoms with Gasteiger partial charge in [0.1, 0.15) is 0 Å². The minimum atomic E-state index is 0.693. The smallest absolute Gasteiger partial charge is 0.0198 e. The molecule has 1 saturated carbocycles. The highest BCUT2D eigenvalue weighted by Gasteiger charge is 2.29. The Morgan fingerprint density at radius 1 is 1.28 bits per heavy atom. The first kappa shape index (κ1) is 14.3. The molecule has 2 atom stereocenters. The lowest BCUT2D eigenvalue weighted by Crippen LogP contribution is -2.52. The summed E-state index contributed by atoms with van der Waals surface area (Å²) < 4.78 is 0. The van der Waals surface area contributed by atoms with Crippen LogP contribution in [0.1, 0.15) is 39.5 Å². The number of nitrogens with zero attached hydrogens (tertiary/aromatic N) is 1. The molecule has 0 radical (unpaired) electrons. The summed E-state index contributed by atoms with van der Waals surface area (Å²) in [5.74, 6) is 2.59. The summed E-state index contributed by atoms with van der Waals surface area (Å²) in [5.41, 5.74) is 5.72. The molecule has 18 heavy (non-hydrogen) atoms. The molecule has 0 bridgehead atoms. The van der Waals surface area contributed by atoms with Crippen molar-refractivity contribution in [1.82, 2.24) is 10.2 Å². The molecule has 3 N–H and O–H groups in total. The first-order chi connectivity index (χ1) is 8.69. The summed E-state index contributed by atoms with van der Waals surface area (Å²) in [6.07, 6.45) is 5.69. The van der Waals surface area contributed by atoms with E-state index in [1.54, 1.807) is 0 Å². The van der Waals surface area contributed by atoms with Gasteiger partial charge in [0, 0.05) is 32.2 Å². The SMILES string of the molecule is CC(C)C1CC(NCC2CCC2)CN(CCN)C1. The molecule has 0 spiro atoms. The second kappa shape index (κ2) is 6.88. The van der Waals surface area contributed by atoms with E-state index in [2.05, 4.69) is 24.1 Å². The zero-order valence-electron chi connectivity index (χ0n) is 12.2. The van der Waals surface area contributed by atoms with E-state index in [4.69, 9.17) is 5.73 Å². The molecule has 0 aromatic heterocycles. The van der Waals surface area contributed by atoms with E-state index in [0.717, 1.165) is 30.8 Å². The molecule has 1 heterocycles. The topological polar surface area (TPSA) is 41.3 Å². The van der Waals surface area contributed by atoms with Crippen LogP contribution in [0.2, 0.25) is 0 Å². The predicted molar refractivity (Wildman–Crippen MR) is 77.6 cm³/mol. The Morgan fingerprint density at radius 2 is 2.06 bits per heavy atom. The van der Waals surface area contributed by atoms with Gasteiger partial charge < -0.3 is 16.0 Å². The first-order valence-electron chi connectivity index (χ1n) is 7.84. The van der Waals surface area contributed by atoms with E-state index >= 15 is 0 Å². The van der Waals surface area contributed by atoms with Crippen LogP contribution in [-0.4, -0.2) is 43.7 Å². The van der Waals surface area contributed by atoms with Crippen molar-refractivity contribution in [2.75, 3.05) is 32.7 Å². The fourth-order valence-electron chi connectivity index (χ4n) is 3.26. The molecule has 1 saturated heterocycles. The van der Waals surface area contributed by atoms with Gasteiger partial charge in [-0.25, -0.2) is 0 Å². The van der Waals surface area contributed by atoms with Gasteiger partial charge in [0.25, 0.3) is 0 Å². The molecule has 2 unspecified atom stereocenters. The van der Waals surface area contributed by atoms with Crippen LogP contribution in [-0.2, 0) is 0 Å². The first-order valence-corrected chi connectivity index (χ1v) is 7.84. The molecular weight excluding hydrogens is 222 g/mol. The standard InChI is InChI=1S/C15H31N3/c1-12(2)14-8-15(11-18(10-14)7-6-16)17-9-13-4-3-5-13/h12-15,17H,3-11,16H2,1-2H3. The molecule has 3 nitrogen and oxygen atoms in total. The number of piperidine rings is 1. The maximum absolute atomic E-state index is 5.72. The van der Waals surface area contributed by atoms with Gasteiger partial charge >= 0.3 is 0 Å². The van der Waals surface area contributed by atoms with Crippen LogP contribution in [0.5, 0.6) is 0 Å². The van der Waals surface area contributed by atoms with Gasteiger partial charge in [-0.1, -0.05) is 20.3 Å². The van der Waals surface area contributed by atoms with Gasteiger partial charge in [-0.05, 0) is 43.6 Å². The Kier molecular flexibility index (Phi) is 5.46. The third kappa shape index (κ3) is 3.94. The second-order valence-corrected chi connectivity index (χ2v) is 6.69. The van der Waals surface area contributed by atoms with Crippen molar-refractivity contribution in [2.24, 2.45) is 23.5 Å². The van der Waals surface area contributed by atoms with E-state index in [9.17, 15) is 0 Å². The summed E-state index contributed by atoms with van der Waals surface area (Å²) in [7, 11) is 0. The minimum Gasteiger partial charge on any atom is -0.329 e. The van der Waals surface area contributed by atoms with Crippen molar-refractivity contribution in [3.05, 3.63) is 0 Å². The highest BCUT2D eigenvalue weighted by molar-refractivity contribution is 4.86. The number of rotatable bonds is 6. The van der Waals surface area contributed by atoms with Crippen molar-refractivity contribution in [3.63, 3.8) is 0 Å². The highest BCUT2D eigenvalue weighted by atomic mass is 15.2. The van der Waals surface area contributed by atoms with Crippen molar-refractivity contribution < 1.29 is 0 Å². The third-order valence-corrected chi connectivity index (χ3v) is 4.87. The number of likely N-dealkylation sites (tertiary alicyclic amines) is 1. The maximum atomic E-state index is 5.72. The third-order valence-electron chi connectivity index (χ3n) is 4.87. The van der Waals surface area contributed by atoms with E-state index in [0.29, 0.717) is 6.04 Å². The number of hydrogen-bond acceptors (Lipinski definition) is 3. The normalized spacial score (nSPS) is 30.7.